The molecule has 0 fully saturated rings. The molecule has 0 atom stereocenters. The third-order valence-electron chi connectivity index (χ3n) is 4.23. The molecule has 2 aromatic carbocycles. The number of rotatable bonds is 7. The first kappa shape index (κ1) is 20.7. The van der Waals surface area contributed by atoms with Gasteiger partial charge in [-0.3, -0.25) is 14.9 Å². The molecule has 2 amide bonds. The third-order valence-corrected chi connectivity index (χ3v) is 5.37. The second-order valence-electron chi connectivity index (χ2n) is 6.53. The highest BCUT2D eigenvalue weighted by Crippen LogP contribution is 2.25. The summed E-state index contributed by atoms with van der Waals surface area (Å²) >= 11 is 7.25. The molecule has 2 aromatic heterocycles. The van der Waals surface area contributed by atoms with E-state index >= 15 is 0 Å². The van der Waals surface area contributed by atoms with Crippen LogP contribution in [0.3, 0.4) is 0 Å². The number of hydrogen-bond donors (Lipinski definition) is 2. The molecule has 4 rings (SSSR count). The molecule has 2 N–H and O–H groups in total. The van der Waals surface area contributed by atoms with Gasteiger partial charge in [0.2, 0.25) is 11.9 Å². The van der Waals surface area contributed by atoms with Gasteiger partial charge in [0.15, 0.2) is 0 Å². The molecule has 156 valence electrons. The summed E-state index contributed by atoms with van der Waals surface area (Å²) in [5, 5.41) is 12.5. The Balaban J connectivity index is 1.32. The number of nitrogens with one attached hydrogen (secondary N) is 2. The fourth-order valence-corrected chi connectivity index (χ4v) is 3.63. The lowest BCUT2D eigenvalue weighted by atomic mass is 10.2. The first-order valence-corrected chi connectivity index (χ1v) is 10.6. The second kappa shape index (κ2) is 9.50. The molecule has 0 saturated carbocycles. The minimum absolute atomic E-state index is 0.00683. The largest absolute Gasteiger partial charge is 0.350 e. The lowest BCUT2D eigenvalue weighted by Crippen LogP contribution is -2.27. The zero-order chi connectivity index (χ0) is 21.6. The normalized spacial score (nSPS) is 10.6. The Hall–Kier alpha value is -3.56. The van der Waals surface area contributed by atoms with Gasteiger partial charge >= 0.3 is 0 Å². The third kappa shape index (κ3) is 5.53. The highest BCUT2D eigenvalue weighted by atomic mass is 35.5. The van der Waals surface area contributed by atoms with Crippen molar-refractivity contribution in [3.63, 3.8) is 0 Å². The van der Waals surface area contributed by atoms with Gasteiger partial charge in [0.25, 0.3) is 5.91 Å². The number of carbonyl (C=O) groups is 2. The van der Waals surface area contributed by atoms with Crippen LogP contribution in [0.1, 0.15) is 16.1 Å². The number of thiazole rings is 1. The van der Waals surface area contributed by atoms with E-state index in [0.29, 0.717) is 16.6 Å². The standard InChI is InChI=1S/C21H17ClN6O2S/c22-16-8-6-15(7-9-16)20-25-17(12-31-20)19(30)26-21-24-13-28(27-21)11-18(29)23-10-14-4-2-1-3-5-14/h1-9,12-13H,10-11H2,(H,23,29)(H,26,27,30). The van der Waals surface area contributed by atoms with Crippen molar-refractivity contribution in [3.05, 3.63) is 82.6 Å². The van der Waals surface area contributed by atoms with E-state index in [9.17, 15) is 9.59 Å². The molecule has 0 aliphatic rings. The Morgan fingerprint density at radius 2 is 1.84 bits per heavy atom. The Labute approximate surface area is 186 Å². The van der Waals surface area contributed by atoms with E-state index in [1.54, 1.807) is 17.5 Å². The zero-order valence-electron chi connectivity index (χ0n) is 16.2. The Bertz CT molecular complexity index is 1190. The number of aromatic nitrogens is 4. The summed E-state index contributed by atoms with van der Waals surface area (Å²) in [7, 11) is 0. The maximum absolute atomic E-state index is 12.4. The van der Waals surface area contributed by atoms with E-state index in [1.807, 2.05) is 42.5 Å². The highest BCUT2D eigenvalue weighted by molar-refractivity contribution is 7.13. The van der Waals surface area contributed by atoms with Crippen LogP contribution < -0.4 is 10.6 Å². The van der Waals surface area contributed by atoms with Gasteiger partial charge in [-0.1, -0.05) is 54.1 Å². The van der Waals surface area contributed by atoms with Crippen LogP contribution in [-0.4, -0.2) is 31.6 Å². The quantitative estimate of drug-likeness (QED) is 0.446. The van der Waals surface area contributed by atoms with Crippen molar-refractivity contribution in [1.82, 2.24) is 25.1 Å². The first-order chi connectivity index (χ1) is 15.1. The van der Waals surface area contributed by atoms with Gasteiger partial charge in [0, 0.05) is 22.5 Å². The van der Waals surface area contributed by atoms with Crippen LogP contribution in [0.15, 0.2) is 66.3 Å². The van der Waals surface area contributed by atoms with Crippen LogP contribution >= 0.6 is 22.9 Å². The van der Waals surface area contributed by atoms with Gasteiger partial charge in [0.05, 0.1) is 0 Å². The molecule has 10 heteroatoms. The summed E-state index contributed by atoms with van der Waals surface area (Å²) in [4.78, 5) is 32.9. The minimum Gasteiger partial charge on any atom is -0.350 e. The Morgan fingerprint density at radius 3 is 2.61 bits per heavy atom. The van der Waals surface area contributed by atoms with Crippen molar-refractivity contribution in [1.29, 1.82) is 0 Å². The maximum Gasteiger partial charge on any atom is 0.277 e. The number of benzene rings is 2. The van der Waals surface area contributed by atoms with E-state index in [-0.39, 0.29) is 24.1 Å². The van der Waals surface area contributed by atoms with Crippen LogP contribution in [0.2, 0.25) is 5.02 Å². The Morgan fingerprint density at radius 1 is 1.06 bits per heavy atom. The summed E-state index contributed by atoms with van der Waals surface area (Å²) in [6.07, 6.45) is 1.39. The Kier molecular flexibility index (Phi) is 6.34. The lowest BCUT2D eigenvalue weighted by Gasteiger charge is -2.05. The number of carbonyl (C=O) groups excluding carboxylic acids is 2. The average Bonchev–Trinajstić information content (AvgIpc) is 3.44. The van der Waals surface area contributed by atoms with Crippen molar-refractivity contribution in [2.24, 2.45) is 0 Å². The predicted octanol–water partition coefficient (Wildman–Crippen LogP) is 3.62. The van der Waals surface area contributed by atoms with Crippen molar-refractivity contribution in [2.75, 3.05) is 5.32 Å². The summed E-state index contributed by atoms with van der Waals surface area (Å²) in [5.41, 5.74) is 2.13. The molecule has 0 radical (unpaired) electrons. The van der Waals surface area contributed by atoms with E-state index in [0.717, 1.165) is 11.1 Å². The first-order valence-electron chi connectivity index (χ1n) is 9.30. The molecule has 0 unspecified atom stereocenters. The van der Waals surface area contributed by atoms with Crippen LogP contribution in [0, 0.1) is 0 Å². The lowest BCUT2D eigenvalue weighted by molar-refractivity contribution is -0.122. The van der Waals surface area contributed by atoms with Gasteiger partial charge in [-0.05, 0) is 17.7 Å². The van der Waals surface area contributed by atoms with Gasteiger partial charge in [-0.25, -0.2) is 14.6 Å². The van der Waals surface area contributed by atoms with Gasteiger partial charge in [0.1, 0.15) is 23.6 Å². The average molecular weight is 453 g/mol. The van der Waals surface area contributed by atoms with Crippen LogP contribution in [0.5, 0.6) is 0 Å². The summed E-state index contributed by atoms with van der Waals surface area (Å²) < 4.78 is 1.36. The number of nitrogens with zero attached hydrogens (tertiary/aromatic N) is 4. The molecule has 0 aliphatic carbocycles. The topological polar surface area (TPSA) is 102 Å². The summed E-state index contributed by atoms with van der Waals surface area (Å²) in [5.74, 6) is -0.539. The van der Waals surface area contributed by atoms with Crippen molar-refractivity contribution < 1.29 is 9.59 Å². The number of hydrogen-bond acceptors (Lipinski definition) is 6. The molecule has 2 heterocycles. The van der Waals surface area contributed by atoms with Crippen LogP contribution in [-0.2, 0) is 17.9 Å². The highest BCUT2D eigenvalue weighted by Gasteiger charge is 2.14. The minimum atomic E-state index is -0.428. The molecule has 8 nitrogen and oxygen atoms in total. The maximum atomic E-state index is 12.4. The van der Waals surface area contributed by atoms with Crippen molar-refractivity contribution in [3.8, 4) is 10.6 Å². The smallest absolute Gasteiger partial charge is 0.277 e. The van der Waals surface area contributed by atoms with Gasteiger partial charge < -0.3 is 5.32 Å². The van der Waals surface area contributed by atoms with E-state index in [2.05, 4.69) is 25.7 Å². The second-order valence-corrected chi connectivity index (χ2v) is 7.82. The molecule has 0 spiro atoms. The predicted molar refractivity (Wildman–Crippen MR) is 119 cm³/mol. The molecular weight excluding hydrogens is 436 g/mol. The van der Waals surface area contributed by atoms with E-state index < -0.39 is 5.91 Å². The fraction of sp³-hybridized carbons (Fsp3) is 0.0952. The molecular formula is C21H17ClN6O2S. The SMILES string of the molecule is O=C(Cn1cnc(NC(=O)c2csc(-c3ccc(Cl)cc3)n2)n1)NCc1ccccc1. The monoisotopic (exact) mass is 452 g/mol. The molecule has 0 saturated heterocycles. The summed E-state index contributed by atoms with van der Waals surface area (Å²) in [6.45, 7) is 0.421. The molecule has 0 aliphatic heterocycles. The fourth-order valence-electron chi connectivity index (χ4n) is 2.70. The van der Waals surface area contributed by atoms with Gasteiger partial charge in [-0.15, -0.1) is 16.4 Å². The molecule has 31 heavy (non-hydrogen) atoms. The van der Waals surface area contributed by atoms with E-state index in [4.69, 9.17) is 11.6 Å². The van der Waals surface area contributed by atoms with Crippen molar-refractivity contribution in [2.45, 2.75) is 13.1 Å². The van der Waals surface area contributed by atoms with Gasteiger partial charge in [-0.2, -0.15) is 0 Å². The molecule has 4 aromatic rings. The van der Waals surface area contributed by atoms with E-state index in [1.165, 1.54) is 22.3 Å². The number of halogens is 1. The summed E-state index contributed by atoms with van der Waals surface area (Å²) in [6, 6.07) is 16.8. The van der Waals surface area contributed by atoms with Crippen LogP contribution in [0.25, 0.3) is 10.6 Å². The number of anilines is 1. The molecule has 0 bridgehead atoms. The van der Waals surface area contributed by atoms with Crippen LogP contribution in [0.4, 0.5) is 5.95 Å². The zero-order valence-corrected chi connectivity index (χ0v) is 17.7. The number of amides is 2. The van der Waals surface area contributed by atoms with Crippen molar-refractivity contribution >= 4 is 40.7 Å².